The van der Waals surface area contributed by atoms with Crippen molar-refractivity contribution in [3.05, 3.63) is 59.0 Å². The second-order valence-corrected chi connectivity index (χ2v) is 5.37. The molecule has 0 aliphatic heterocycles. The van der Waals surface area contributed by atoms with Gasteiger partial charge in [0.25, 0.3) is 0 Å². The maximum atomic E-state index is 10.5. The van der Waals surface area contributed by atoms with Gasteiger partial charge in [-0.2, -0.15) is 5.10 Å². The molecule has 0 radical (unpaired) electrons. The first-order chi connectivity index (χ1) is 10.2. The maximum absolute atomic E-state index is 10.5. The SMILES string of the molecule is CCn1cc(CC(O)c2ccc(Cl)c3cccnc23)cn1. The number of hydrogen-bond acceptors (Lipinski definition) is 3. The molecule has 2 aromatic heterocycles. The van der Waals surface area contributed by atoms with Gasteiger partial charge in [-0.1, -0.05) is 17.7 Å². The van der Waals surface area contributed by atoms with Gasteiger partial charge in [0, 0.05) is 41.3 Å². The molecule has 0 spiro atoms. The number of pyridine rings is 1. The standard InChI is InChI=1S/C16H16ClN3O/c1-2-20-10-11(9-19-20)8-15(21)13-5-6-14(17)12-4-3-7-18-16(12)13/h3-7,9-10,15,21H,2,8H2,1H3. The van der Waals surface area contributed by atoms with Crippen LogP contribution in [-0.4, -0.2) is 19.9 Å². The van der Waals surface area contributed by atoms with E-state index in [0.717, 1.165) is 28.6 Å². The van der Waals surface area contributed by atoms with E-state index in [9.17, 15) is 5.11 Å². The van der Waals surface area contributed by atoms with Crippen LogP contribution in [-0.2, 0) is 13.0 Å². The van der Waals surface area contributed by atoms with Crippen molar-refractivity contribution in [1.29, 1.82) is 0 Å². The van der Waals surface area contributed by atoms with Crippen molar-refractivity contribution in [3.8, 4) is 0 Å². The van der Waals surface area contributed by atoms with Crippen LogP contribution < -0.4 is 0 Å². The molecule has 1 aromatic carbocycles. The van der Waals surface area contributed by atoms with E-state index in [2.05, 4.69) is 10.1 Å². The van der Waals surface area contributed by atoms with Crippen LogP contribution >= 0.6 is 11.6 Å². The van der Waals surface area contributed by atoms with Crippen molar-refractivity contribution in [2.24, 2.45) is 0 Å². The van der Waals surface area contributed by atoms with Crippen molar-refractivity contribution in [2.45, 2.75) is 26.0 Å². The van der Waals surface area contributed by atoms with Crippen LogP contribution in [0.3, 0.4) is 0 Å². The van der Waals surface area contributed by atoms with Crippen molar-refractivity contribution in [2.75, 3.05) is 0 Å². The number of aryl methyl sites for hydroxylation is 1. The minimum Gasteiger partial charge on any atom is -0.388 e. The zero-order valence-corrected chi connectivity index (χ0v) is 12.5. The number of fused-ring (bicyclic) bond motifs is 1. The van der Waals surface area contributed by atoms with Gasteiger partial charge in [-0.05, 0) is 30.7 Å². The Kier molecular flexibility index (Phi) is 3.90. The van der Waals surface area contributed by atoms with E-state index in [0.29, 0.717) is 11.4 Å². The third kappa shape index (κ3) is 2.77. The molecule has 1 atom stereocenters. The molecule has 1 N–H and O–H groups in total. The van der Waals surface area contributed by atoms with Gasteiger partial charge in [0.2, 0.25) is 0 Å². The summed E-state index contributed by atoms with van der Waals surface area (Å²) in [5, 5.41) is 16.3. The Morgan fingerprint density at radius 1 is 1.33 bits per heavy atom. The second-order valence-electron chi connectivity index (χ2n) is 4.96. The summed E-state index contributed by atoms with van der Waals surface area (Å²) in [5.74, 6) is 0. The predicted molar refractivity (Wildman–Crippen MR) is 83.3 cm³/mol. The largest absolute Gasteiger partial charge is 0.388 e. The molecule has 4 nitrogen and oxygen atoms in total. The van der Waals surface area contributed by atoms with Gasteiger partial charge in [0.05, 0.1) is 17.8 Å². The molecule has 0 bridgehead atoms. The average molecular weight is 302 g/mol. The Hall–Kier alpha value is -1.91. The molecule has 3 rings (SSSR count). The first-order valence-corrected chi connectivity index (χ1v) is 7.29. The first-order valence-electron chi connectivity index (χ1n) is 6.91. The molecule has 21 heavy (non-hydrogen) atoms. The molecule has 0 amide bonds. The van der Waals surface area contributed by atoms with Crippen LogP contribution in [0.1, 0.15) is 24.2 Å². The molecule has 3 aromatic rings. The molecule has 5 heteroatoms. The zero-order chi connectivity index (χ0) is 14.8. The Morgan fingerprint density at radius 3 is 2.95 bits per heavy atom. The molecule has 1 unspecified atom stereocenters. The molecular formula is C16H16ClN3O. The molecule has 0 saturated heterocycles. The van der Waals surface area contributed by atoms with E-state index in [1.54, 1.807) is 18.5 Å². The van der Waals surface area contributed by atoms with Crippen molar-refractivity contribution < 1.29 is 5.11 Å². The summed E-state index contributed by atoms with van der Waals surface area (Å²) in [4.78, 5) is 4.36. The van der Waals surface area contributed by atoms with Crippen LogP contribution in [0.2, 0.25) is 5.02 Å². The van der Waals surface area contributed by atoms with Crippen LogP contribution in [0, 0.1) is 0 Å². The molecular weight excluding hydrogens is 286 g/mol. The summed E-state index contributed by atoms with van der Waals surface area (Å²) >= 11 is 6.18. The van der Waals surface area contributed by atoms with Gasteiger partial charge >= 0.3 is 0 Å². The van der Waals surface area contributed by atoms with Gasteiger partial charge in [0.15, 0.2) is 0 Å². The molecule has 2 heterocycles. The van der Waals surface area contributed by atoms with Gasteiger partial charge in [0.1, 0.15) is 0 Å². The second kappa shape index (κ2) is 5.84. The van der Waals surface area contributed by atoms with E-state index in [4.69, 9.17) is 11.6 Å². The summed E-state index contributed by atoms with van der Waals surface area (Å²) in [6.07, 6.45) is 5.33. The fourth-order valence-corrected chi connectivity index (χ4v) is 2.66. The summed E-state index contributed by atoms with van der Waals surface area (Å²) in [6, 6.07) is 7.40. The highest BCUT2D eigenvalue weighted by atomic mass is 35.5. The smallest absolute Gasteiger partial charge is 0.0852 e. The molecule has 0 aliphatic rings. The fraction of sp³-hybridized carbons (Fsp3) is 0.250. The Balaban J connectivity index is 1.94. The van der Waals surface area contributed by atoms with Gasteiger partial charge in [-0.15, -0.1) is 0 Å². The molecule has 0 aliphatic carbocycles. The Morgan fingerprint density at radius 2 is 2.19 bits per heavy atom. The quantitative estimate of drug-likeness (QED) is 0.803. The lowest BCUT2D eigenvalue weighted by atomic mass is 10.0. The van der Waals surface area contributed by atoms with E-state index in [1.165, 1.54) is 0 Å². The minimum atomic E-state index is -0.630. The summed E-state index contributed by atoms with van der Waals surface area (Å²) in [6.45, 7) is 2.85. The summed E-state index contributed by atoms with van der Waals surface area (Å²) < 4.78 is 1.85. The maximum Gasteiger partial charge on any atom is 0.0852 e. The topological polar surface area (TPSA) is 50.9 Å². The van der Waals surface area contributed by atoms with E-state index in [1.807, 2.05) is 36.0 Å². The lowest BCUT2D eigenvalue weighted by Crippen LogP contribution is -2.03. The average Bonchev–Trinajstić information content (AvgIpc) is 2.95. The number of nitrogens with zero attached hydrogens (tertiary/aromatic N) is 3. The van der Waals surface area contributed by atoms with E-state index in [-0.39, 0.29) is 0 Å². The van der Waals surface area contributed by atoms with Crippen LogP contribution in [0.25, 0.3) is 10.9 Å². The zero-order valence-electron chi connectivity index (χ0n) is 11.7. The minimum absolute atomic E-state index is 0.507. The fourth-order valence-electron chi connectivity index (χ4n) is 2.45. The number of halogens is 1. The van der Waals surface area contributed by atoms with Crippen molar-refractivity contribution in [3.63, 3.8) is 0 Å². The molecule has 0 saturated carbocycles. The van der Waals surface area contributed by atoms with Crippen molar-refractivity contribution >= 4 is 22.5 Å². The third-order valence-electron chi connectivity index (χ3n) is 3.55. The monoisotopic (exact) mass is 301 g/mol. The number of rotatable bonds is 4. The number of aromatic nitrogens is 3. The number of benzene rings is 1. The molecule has 0 fully saturated rings. The van der Waals surface area contributed by atoms with Crippen LogP contribution in [0.4, 0.5) is 0 Å². The van der Waals surface area contributed by atoms with Gasteiger partial charge in [-0.3, -0.25) is 9.67 Å². The van der Waals surface area contributed by atoms with E-state index < -0.39 is 6.10 Å². The lowest BCUT2D eigenvalue weighted by Gasteiger charge is -2.13. The summed E-state index contributed by atoms with van der Waals surface area (Å²) in [7, 11) is 0. The first kappa shape index (κ1) is 14.0. The number of aliphatic hydroxyl groups excluding tert-OH is 1. The summed E-state index contributed by atoms with van der Waals surface area (Å²) in [5.41, 5.74) is 2.54. The molecule has 108 valence electrons. The van der Waals surface area contributed by atoms with E-state index >= 15 is 0 Å². The van der Waals surface area contributed by atoms with Crippen LogP contribution in [0.5, 0.6) is 0 Å². The normalized spacial score (nSPS) is 12.7. The Labute approximate surface area is 128 Å². The highest BCUT2D eigenvalue weighted by Crippen LogP contribution is 2.29. The highest BCUT2D eigenvalue weighted by Gasteiger charge is 2.15. The predicted octanol–water partition coefficient (Wildman–Crippen LogP) is 3.38. The van der Waals surface area contributed by atoms with Crippen molar-refractivity contribution in [1.82, 2.24) is 14.8 Å². The van der Waals surface area contributed by atoms with Crippen LogP contribution in [0.15, 0.2) is 42.9 Å². The number of aliphatic hydroxyl groups is 1. The highest BCUT2D eigenvalue weighted by molar-refractivity contribution is 6.35. The van der Waals surface area contributed by atoms with Gasteiger partial charge < -0.3 is 5.11 Å². The lowest BCUT2D eigenvalue weighted by molar-refractivity contribution is 0.180. The number of hydrogen-bond donors (Lipinski definition) is 1. The van der Waals surface area contributed by atoms with Gasteiger partial charge in [-0.25, -0.2) is 0 Å². The Bertz CT molecular complexity index is 769. The third-order valence-corrected chi connectivity index (χ3v) is 3.88.